The van der Waals surface area contributed by atoms with Crippen LogP contribution >= 0.6 is 0 Å². The summed E-state index contributed by atoms with van der Waals surface area (Å²) in [5, 5.41) is 3.36. The topological polar surface area (TPSA) is 55.1 Å². The molecule has 0 bridgehead atoms. The summed E-state index contributed by atoms with van der Waals surface area (Å²) in [5.74, 6) is -0.246. The van der Waals surface area contributed by atoms with Crippen molar-refractivity contribution < 1.29 is 4.79 Å². The van der Waals surface area contributed by atoms with Crippen LogP contribution in [0.15, 0.2) is 30.3 Å². The van der Waals surface area contributed by atoms with E-state index in [1.54, 1.807) is 0 Å². The lowest BCUT2D eigenvalue weighted by Gasteiger charge is -2.21. The molecule has 1 amide bonds. The lowest BCUT2D eigenvalue weighted by Crippen LogP contribution is -2.22. The van der Waals surface area contributed by atoms with Gasteiger partial charge in [0.2, 0.25) is 5.91 Å². The van der Waals surface area contributed by atoms with Gasteiger partial charge < -0.3 is 11.1 Å². The van der Waals surface area contributed by atoms with Crippen LogP contribution in [0.1, 0.15) is 18.4 Å². The Morgan fingerprint density at radius 3 is 3.00 bits per heavy atom. The number of hydrogen-bond acceptors (Lipinski definition) is 2. The van der Waals surface area contributed by atoms with Gasteiger partial charge in [0.25, 0.3) is 0 Å². The molecular formula is C12H14N2O. The van der Waals surface area contributed by atoms with Gasteiger partial charge in [0.15, 0.2) is 0 Å². The van der Waals surface area contributed by atoms with Gasteiger partial charge in [0, 0.05) is 18.2 Å². The summed E-state index contributed by atoms with van der Waals surface area (Å²) in [6.07, 6.45) is 5.33. The van der Waals surface area contributed by atoms with Gasteiger partial charge in [-0.05, 0) is 18.1 Å². The molecule has 0 aliphatic carbocycles. The summed E-state index contributed by atoms with van der Waals surface area (Å²) in [4.78, 5) is 10.7. The Hall–Kier alpha value is -1.77. The molecule has 1 aromatic carbocycles. The minimum atomic E-state index is -0.246. The van der Waals surface area contributed by atoms with Crippen molar-refractivity contribution in [1.82, 2.24) is 0 Å². The molecule has 1 unspecified atom stereocenters. The third-order valence-electron chi connectivity index (χ3n) is 2.51. The molecule has 1 aromatic rings. The molecule has 15 heavy (non-hydrogen) atoms. The first-order valence-corrected chi connectivity index (χ1v) is 5.08. The first-order valence-electron chi connectivity index (χ1n) is 5.08. The van der Waals surface area contributed by atoms with Gasteiger partial charge in [-0.2, -0.15) is 0 Å². The number of rotatable bonds is 3. The molecule has 78 valence electrons. The predicted octanol–water partition coefficient (Wildman–Crippen LogP) is 1.76. The van der Waals surface area contributed by atoms with Crippen LogP contribution in [0, 0.1) is 0 Å². The lowest BCUT2D eigenvalue weighted by atomic mass is 10.0. The van der Waals surface area contributed by atoms with Crippen molar-refractivity contribution >= 4 is 17.7 Å². The monoisotopic (exact) mass is 202 g/mol. The maximum absolute atomic E-state index is 10.7. The fourth-order valence-corrected chi connectivity index (χ4v) is 1.71. The van der Waals surface area contributed by atoms with E-state index in [1.165, 1.54) is 5.56 Å². The highest BCUT2D eigenvalue weighted by molar-refractivity contribution is 5.74. The summed E-state index contributed by atoms with van der Waals surface area (Å²) in [5.41, 5.74) is 7.42. The highest BCUT2D eigenvalue weighted by Crippen LogP contribution is 2.23. The van der Waals surface area contributed by atoms with Gasteiger partial charge in [-0.1, -0.05) is 30.4 Å². The van der Waals surface area contributed by atoms with Crippen LogP contribution in [-0.4, -0.2) is 11.9 Å². The minimum absolute atomic E-state index is 0.215. The standard InChI is InChI=1S/C12H14N2O/c13-12(15)8-7-10-6-5-9-3-1-2-4-11(9)14-10/h1-6,10,14H,7-8H2,(H2,13,15). The number of fused-ring (bicyclic) bond motifs is 1. The van der Waals surface area contributed by atoms with Gasteiger partial charge in [0.1, 0.15) is 0 Å². The quantitative estimate of drug-likeness (QED) is 0.784. The fourth-order valence-electron chi connectivity index (χ4n) is 1.71. The van der Waals surface area contributed by atoms with Crippen molar-refractivity contribution in [3.8, 4) is 0 Å². The Labute approximate surface area is 89.0 Å². The summed E-state index contributed by atoms with van der Waals surface area (Å²) in [6.45, 7) is 0. The second kappa shape index (κ2) is 4.17. The van der Waals surface area contributed by atoms with Gasteiger partial charge in [0.05, 0.1) is 0 Å². The number of hydrogen-bond donors (Lipinski definition) is 2. The molecule has 0 saturated carbocycles. The maximum Gasteiger partial charge on any atom is 0.217 e. The molecule has 1 atom stereocenters. The van der Waals surface area contributed by atoms with Gasteiger partial charge >= 0.3 is 0 Å². The zero-order chi connectivity index (χ0) is 10.7. The number of amides is 1. The average Bonchev–Trinajstić information content (AvgIpc) is 2.26. The van der Waals surface area contributed by atoms with E-state index in [-0.39, 0.29) is 11.9 Å². The smallest absolute Gasteiger partial charge is 0.217 e. The minimum Gasteiger partial charge on any atom is -0.378 e. The maximum atomic E-state index is 10.7. The van der Waals surface area contributed by atoms with Crippen LogP contribution in [0.25, 0.3) is 6.08 Å². The highest BCUT2D eigenvalue weighted by Gasteiger charge is 2.12. The molecule has 0 spiro atoms. The van der Waals surface area contributed by atoms with Crippen LogP contribution in [-0.2, 0) is 4.79 Å². The van der Waals surface area contributed by atoms with Crippen molar-refractivity contribution in [2.45, 2.75) is 18.9 Å². The van der Waals surface area contributed by atoms with Gasteiger partial charge in [-0.15, -0.1) is 0 Å². The number of benzene rings is 1. The molecule has 0 fully saturated rings. The Balaban J connectivity index is 2.03. The first kappa shape index (κ1) is 9.77. The largest absolute Gasteiger partial charge is 0.378 e. The van der Waals surface area contributed by atoms with Crippen LogP contribution in [0.4, 0.5) is 5.69 Å². The normalized spacial score (nSPS) is 18.0. The number of nitrogens with two attached hydrogens (primary N) is 1. The molecule has 1 aliphatic rings. The SMILES string of the molecule is NC(=O)CCC1C=Cc2ccccc2N1. The second-order valence-corrected chi connectivity index (χ2v) is 3.70. The van der Waals surface area contributed by atoms with Crippen molar-refractivity contribution in [2.24, 2.45) is 5.73 Å². The van der Waals surface area contributed by atoms with Crippen molar-refractivity contribution in [1.29, 1.82) is 0 Å². The Morgan fingerprint density at radius 2 is 2.20 bits per heavy atom. The highest BCUT2D eigenvalue weighted by atomic mass is 16.1. The molecule has 3 nitrogen and oxygen atoms in total. The van der Waals surface area contributed by atoms with E-state index in [2.05, 4.69) is 23.5 Å². The molecule has 0 radical (unpaired) electrons. The number of carbonyl (C=O) groups excluding carboxylic acids is 1. The molecule has 2 rings (SSSR count). The van der Waals surface area contributed by atoms with Crippen molar-refractivity contribution in [3.05, 3.63) is 35.9 Å². The van der Waals surface area contributed by atoms with E-state index in [1.807, 2.05) is 18.2 Å². The zero-order valence-electron chi connectivity index (χ0n) is 8.44. The lowest BCUT2D eigenvalue weighted by molar-refractivity contribution is -0.118. The van der Waals surface area contributed by atoms with Crippen LogP contribution in [0.3, 0.4) is 0 Å². The van der Waals surface area contributed by atoms with E-state index in [9.17, 15) is 4.79 Å². The number of para-hydroxylation sites is 1. The Morgan fingerprint density at radius 1 is 1.40 bits per heavy atom. The number of carbonyl (C=O) groups is 1. The molecule has 0 saturated heterocycles. The third kappa shape index (κ3) is 2.37. The molecule has 3 heteroatoms. The Kier molecular flexibility index (Phi) is 2.72. The van der Waals surface area contributed by atoms with E-state index in [0.29, 0.717) is 6.42 Å². The summed E-state index contributed by atoms with van der Waals surface area (Å²) < 4.78 is 0. The number of nitrogens with one attached hydrogen (secondary N) is 1. The van der Waals surface area contributed by atoms with Crippen LogP contribution in [0.5, 0.6) is 0 Å². The second-order valence-electron chi connectivity index (χ2n) is 3.70. The first-order chi connectivity index (χ1) is 7.25. The van der Waals surface area contributed by atoms with Crippen molar-refractivity contribution in [2.75, 3.05) is 5.32 Å². The Bertz CT molecular complexity index is 398. The van der Waals surface area contributed by atoms with E-state index >= 15 is 0 Å². The van der Waals surface area contributed by atoms with E-state index < -0.39 is 0 Å². The van der Waals surface area contributed by atoms with Gasteiger partial charge in [-0.25, -0.2) is 0 Å². The molecule has 1 heterocycles. The zero-order valence-corrected chi connectivity index (χ0v) is 8.44. The predicted molar refractivity (Wildman–Crippen MR) is 61.3 cm³/mol. The van der Waals surface area contributed by atoms with Crippen molar-refractivity contribution in [3.63, 3.8) is 0 Å². The summed E-state index contributed by atoms with van der Waals surface area (Å²) >= 11 is 0. The van der Waals surface area contributed by atoms with Gasteiger partial charge in [-0.3, -0.25) is 4.79 Å². The van der Waals surface area contributed by atoms with E-state index in [4.69, 9.17) is 5.73 Å². The van der Waals surface area contributed by atoms with E-state index in [0.717, 1.165) is 12.1 Å². The average molecular weight is 202 g/mol. The number of primary amides is 1. The van der Waals surface area contributed by atoms with Crippen LogP contribution < -0.4 is 11.1 Å². The molecule has 0 aromatic heterocycles. The molecule has 1 aliphatic heterocycles. The fraction of sp³-hybridized carbons (Fsp3) is 0.250. The third-order valence-corrected chi connectivity index (χ3v) is 2.51. The number of anilines is 1. The summed E-state index contributed by atoms with van der Waals surface area (Å²) in [7, 11) is 0. The van der Waals surface area contributed by atoms with Crippen LogP contribution in [0.2, 0.25) is 0 Å². The molecule has 3 N–H and O–H groups in total. The summed E-state index contributed by atoms with van der Waals surface area (Å²) in [6, 6.07) is 8.32. The molecular weight excluding hydrogens is 188 g/mol.